The van der Waals surface area contributed by atoms with E-state index in [4.69, 9.17) is 0 Å². The first kappa shape index (κ1) is 11.8. The third-order valence-corrected chi connectivity index (χ3v) is 4.59. The van der Waals surface area contributed by atoms with E-state index in [9.17, 15) is 9.90 Å². The van der Waals surface area contributed by atoms with Crippen molar-refractivity contribution in [3.8, 4) is 0 Å². The van der Waals surface area contributed by atoms with Crippen molar-refractivity contribution in [3.63, 3.8) is 0 Å². The average molecular weight is 222 g/mol. The van der Waals surface area contributed by atoms with Gasteiger partial charge in [-0.1, -0.05) is 19.1 Å². The second-order valence-electron chi connectivity index (χ2n) is 5.88. The maximum Gasteiger partial charge on any atom is 0.136 e. The molecule has 0 saturated heterocycles. The molecule has 16 heavy (non-hydrogen) atoms. The molecule has 0 amide bonds. The van der Waals surface area contributed by atoms with Gasteiger partial charge in [-0.05, 0) is 44.4 Å². The minimum Gasteiger partial charge on any atom is -0.390 e. The summed E-state index contributed by atoms with van der Waals surface area (Å²) in [4.78, 5) is 11.8. The molecule has 0 bridgehead atoms. The number of ketones is 1. The quantitative estimate of drug-likeness (QED) is 0.640. The number of aliphatic hydroxyl groups is 1. The molecule has 0 aliphatic heterocycles. The maximum atomic E-state index is 11.8. The Balaban J connectivity index is 2.12. The molecule has 1 N–H and O–H groups in total. The Morgan fingerprint density at radius 1 is 1.38 bits per heavy atom. The highest BCUT2D eigenvalue weighted by Crippen LogP contribution is 2.51. The summed E-state index contributed by atoms with van der Waals surface area (Å²) in [5.74, 6) is 1.30. The normalized spacial score (nSPS) is 45.1. The Kier molecular flexibility index (Phi) is 2.95. The van der Waals surface area contributed by atoms with Crippen molar-refractivity contribution in [1.82, 2.24) is 0 Å². The molecule has 2 aliphatic carbocycles. The summed E-state index contributed by atoms with van der Waals surface area (Å²) in [6.45, 7) is 8.04. The Morgan fingerprint density at radius 3 is 2.69 bits per heavy atom. The second kappa shape index (κ2) is 3.99. The molecule has 0 spiro atoms. The second-order valence-corrected chi connectivity index (χ2v) is 5.88. The van der Waals surface area contributed by atoms with Gasteiger partial charge in [-0.15, -0.1) is 0 Å². The lowest BCUT2D eigenvalue weighted by Crippen LogP contribution is -2.52. The fraction of sp³-hybridized carbons (Fsp3) is 0.786. The van der Waals surface area contributed by atoms with Crippen molar-refractivity contribution in [1.29, 1.82) is 0 Å². The predicted octanol–water partition coefficient (Wildman–Crippen LogP) is 2.71. The molecule has 2 rings (SSSR count). The molecule has 1 unspecified atom stereocenters. The monoisotopic (exact) mass is 222 g/mol. The van der Waals surface area contributed by atoms with Gasteiger partial charge in [-0.2, -0.15) is 0 Å². The Hall–Kier alpha value is -0.630. The smallest absolute Gasteiger partial charge is 0.136 e. The first-order chi connectivity index (χ1) is 7.42. The van der Waals surface area contributed by atoms with Crippen LogP contribution in [0.5, 0.6) is 0 Å². The minimum absolute atomic E-state index is 0.156. The summed E-state index contributed by atoms with van der Waals surface area (Å²) in [5, 5.41) is 10.2. The first-order valence-electron chi connectivity index (χ1n) is 6.34. The molecule has 90 valence electrons. The molecule has 2 nitrogen and oxygen atoms in total. The summed E-state index contributed by atoms with van der Waals surface area (Å²) in [6, 6.07) is 0. The average Bonchev–Trinajstić information content (AvgIpc) is 2.24. The molecular weight excluding hydrogens is 200 g/mol. The molecule has 2 heteroatoms. The third-order valence-electron chi connectivity index (χ3n) is 4.59. The van der Waals surface area contributed by atoms with E-state index in [0.29, 0.717) is 24.0 Å². The lowest BCUT2D eigenvalue weighted by molar-refractivity contribution is -0.124. The van der Waals surface area contributed by atoms with Gasteiger partial charge in [0.15, 0.2) is 0 Å². The zero-order valence-electron chi connectivity index (χ0n) is 10.3. The van der Waals surface area contributed by atoms with Crippen LogP contribution < -0.4 is 0 Å². The van der Waals surface area contributed by atoms with Gasteiger partial charge in [0.1, 0.15) is 5.78 Å². The molecule has 2 saturated carbocycles. The number of hydrogen-bond donors (Lipinski definition) is 1. The van der Waals surface area contributed by atoms with Crippen LogP contribution in [-0.4, -0.2) is 16.5 Å². The van der Waals surface area contributed by atoms with Gasteiger partial charge in [0.05, 0.1) is 5.60 Å². The van der Waals surface area contributed by atoms with E-state index < -0.39 is 5.60 Å². The van der Waals surface area contributed by atoms with E-state index in [1.165, 1.54) is 5.57 Å². The van der Waals surface area contributed by atoms with Crippen molar-refractivity contribution in [2.24, 2.45) is 17.8 Å². The van der Waals surface area contributed by atoms with Gasteiger partial charge < -0.3 is 5.11 Å². The highest BCUT2D eigenvalue weighted by Gasteiger charge is 2.50. The van der Waals surface area contributed by atoms with Crippen LogP contribution in [-0.2, 0) is 4.79 Å². The van der Waals surface area contributed by atoms with E-state index in [-0.39, 0.29) is 5.92 Å². The summed E-state index contributed by atoms with van der Waals surface area (Å²) >= 11 is 0. The van der Waals surface area contributed by atoms with Crippen molar-refractivity contribution >= 4 is 5.78 Å². The Bertz CT molecular complexity index is 317. The van der Waals surface area contributed by atoms with Gasteiger partial charge in [0.25, 0.3) is 0 Å². The van der Waals surface area contributed by atoms with Crippen LogP contribution in [0.4, 0.5) is 0 Å². The van der Waals surface area contributed by atoms with Crippen LogP contribution in [0.1, 0.15) is 46.0 Å². The molecule has 0 heterocycles. The molecule has 4 atom stereocenters. The number of allylic oxidation sites excluding steroid dienone is 1. The zero-order valence-corrected chi connectivity index (χ0v) is 10.3. The van der Waals surface area contributed by atoms with Gasteiger partial charge in [0, 0.05) is 12.3 Å². The van der Waals surface area contributed by atoms with Crippen molar-refractivity contribution in [3.05, 3.63) is 12.2 Å². The molecule has 0 aromatic rings. The molecule has 0 aromatic heterocycles. The van der Waals surface area contributed by atoms with Crippen LogP contribution in [0.2, 0.25) is 0 Å². The molecule has 0 radical (unpaired) electrons. The summed E-state index contributed by atoms with van der Waals surface area (Å²) < 4.78 is 0. The van der Waals surface area contributed by atoms with Crippen molar-refractivity contribution < 1.29 is 9.90 Å². The first-order valence-corrected chi connectivity index (χ1v) is 6.34. The van der Waals surface area contributed by atoms with Crippen molar-refractivity contribution in [2.75, 3.05) is 0 Å². The number of rotatable bonds is 0. The maximum absolute atomic E-state index is 11.8. The van der Waals surface area contributed by atoms with E-state index >= 15 is 0 Å². The van der Waals surface area contributed by atoms with Gasteiger partial charge in [-0.3, -0.25) is 4.79 Å². The number of carbonyl (C=O) groups is 1. The number of hydrogen-bond acceptors (Lipinski definition) is 2. The largest absolute Gasteiger partial charge is 0.390 e. The topological polar surface area (TPSA) is 37.3 Å². The van der Waals surface area contributed by atoms with E-state index in [1.54, 1.807) is 0 Å². The minimum atomic E-state index is -0.527. The fourth-order valence-electron chi connectivity index (χ4n) is 3.26. The van der Waals surface area contributed by atoms with Gasteiger partial charge in [0.2, 0.25) is 0 Å². The van der Waals surface area contributed by atoms with Crippen LogP contribution >= 0.6 is 0 Å². The van der Waals surface area contributed by atoms with Crippen LogP contribution in [0.25, 0.3) is 0 Å². The van der Waals surface area contributed by atoms with E-state index in [1.807, 2.05) is 13.8 Å². The Labute approximate surface area is 97.7 Å². The highest BCUT2D eigenvalue weighted by atomic mass is 16.3. The number of Topliss-reactive ketones (excluding diaryl/α,β-unsaturated/α-hetero) is 1. The van der Waals surface area contributed by atoms with E-state index in [0.717, 1.165) is 25.7 Å². The lowest BCUT2D eigenvalue weighted by atomic mass is 9.58. The molecule has 0 aromatic carbocycles. The zero-order chi connectivity index (χ0) is 11.9. The molecule has 2 aliphatic rings. The van der Waals surface area contributed by atoms with Gasteiger partial charge >= 0.3 is 0 Å². The SMILES string of the molecule is C=C1CCC(=O)C(C)CC[C@@H]2[C@H]1C[C@]2(C)O. The summed E-state index contributed by atoms with van der Waals surface area (Å²) in [7, 11) is 0. The summed E-state index contributed by atoms with van der Waals surface area (Å²) in [5.41, 5.74) is 0.653. The van der Waals surface area contributed by atoms with Crippen LogP contribution in [0.15, 0.2) is 12.2 Å². The Morgan fingerprint density at radius 2 is 2.06 bits per heavy atom. The standard InChI is InChI=1S/C14H22O2/c1-9-5-7-13(15)10(2)4-6-12-11(9)8-14(12,3)16/h10-12,16H,1,4-8H2,2-3H3/t10?,11-,12+,14-/m0/s1. The number of carbonyl (C=O) groups excluding carboxylic acids is 1. The van der Waals surface area contributed by atoms with E-state index in [2.05, 4.69) is 6.58 Å². The molecule has 2 fully saturated rings. The third kappa shape index (κ3) is 1.95. The fourth-order valence-corrected chi connectivity index (χ4v) is 3.26. The van der Waals surface area contributed by atoms with Gasteiger partial charge in [-0.25, -0.2) is 0 Å². The molecular formula is C14H22O2. The predicted molar refractivity (Wildman–Crippen MR) is 64.0 cm³/mol. The summed E-state index contributed by atoms with van der Waals surface area (Å²) in [6.07, 6.45) is 4.18. The number of fused-ring (bicyclic) bond motifs is 1. The van der Waals surface area contributed by atoms with Crippen molar-refractivity contribution in [2.45, 2.75) is 51.6 Å². The van der Waals surface area contributed by atoms with Crippen LogP contribution in [0, 0.1) is 17.8 Å². The van der Waals surface area contributed by atoms with Crippen LogP contribution in [0.3, 0.4) is 0 Å². The highest BCUT2D eigenvalue weighted by molar-refractivity contribution is 5.80. The lowest BCUT2D eigenvalue weighted by Gasteiger charge is -2.51.